The number of carbonyl (C=O) groups excluding carboxylic acids is 3. The molecule has 3 amide bonds. The van der Waals surface area contributed by atoms with Crippen LogP contribution < -0.4 is 10.6 Å². The number of alkyl halides is 3. The minimum Gasteiger partial charge on any atom is -0.494 e. The number of fused-ring (bicyclic) bond motifs is 1. The number of hydrogen-bond donors (Lipinski definition) is 3. The summed E-state index contributed by atoms with van der Waals surface area (Å²) < 4.78 is 39.9. The lowest BCUT2D eigenvalue weighted by atomic mass is 10.1. The molecule has 0 radical (unpaired) electrons. The SMILES string of the molecule is O=C(Cc1ccc(C(F)(F)F)c(Cl)c1)NCc1ccc2c(O)n(C3CCC(=O)NC3=O)cc2c1. The van der Waals surface area contributed by atoms with Crippen molar-refractivity contribution in [2.24, 2.45) is 0 Å². The first-order valence-corrected chi connectivity index (χ1v) is 10.7. The Labute approximate surface area is 196 Å². The van der Waals surface area contributed by atoms with Gasteiger partial charge in [-0.3, -0.25) is 19.7 Å². The fourth-order valence-corrected chi connectivity index (χ4v) is 4.23. The summed E-state index contributed by atoms with van der Waals surface area (Å²) in [7, 11) is 0. The van der Waals surface area contributed by atoms with Crippen LogP contribution in [0, 0.1) is 0 Å². The molecule has 11 heteroatoms. The van der Waals surface area contributed by atoms with E-state index in [-0.39, 0.29) is 37.6 Å². The Morgan fingerprint density at radius 1 is 1.18 bits per heavy atom. The molecule has 1 atom stereocenters. The van der Waals surface area contributed by atoms with Gasteiger partial charge in [-0.15, -0.1) is 0 Å². The summed E-state index contributed by atoms with van der Waals surface area (Å²) in [5.41, 5.74) is 0.100. The molecule has 1 saturated heterocycles. The predicted octanol–water partition coefficient (Wildman–Crippen LogP) is 3.86. The van der Waals surface area contributed by atoms with Gasteiger partial charge in [-0.25, -0.2) is 0 Å². The quantitative estimate of drug-likeness (QED) is 0.470. The van der Waals surface area contributed by atoms with Gasteiger partial charge in [0.25, 0.3) is 0 Å². The van der Waals surface area contributed by atoms with Gasteiger partial charge in [0.05, 0.1) is 17.0 Å². The van der Waals surface area contributed by atoms with Gasteiger partial charge >= 0.3 is 6.18 Å². The van der Waals surface area contributed by atoms with E-state index in [2.05, 4.69) is 10.6 Å². The summed E-state index contributed by atoms with van der Waals surface area (Å²) in [5, 5.41) is 16.2. The van der Waals surface area contributed by atoms with Crippen molar-refractivity contribution >= 4 is 40.1 Å². The first-order valence-electron chi connectivity index (χ1n) is 10.3. The van der Waals surface area contributed by atoms with Crippen molar-refractivity contribution in [3.63, 3.8) is 0 Å². The molecule has 0 bridgehead atoms. The third-order valence-corrected chi connectivity index (χ3v) is 5.93. The summed E-state index contributed by atoms with van der Waals surface area (Å²) in [6.45, 7) is 0.146. The number of aromatic hydroxyl groups is 1. The Kier molecular flexibility index (Phi) is 6.26. The van der Waals surface area contributed by atoms with E-state index in [1.165, 1.54) is 10.6 Å². The summed E-state index contributed by atoms with van der Waals surface area (Å²) >= 11 is 5.70. The van der Waals surface area contributed by atoms with Crippen LogP contribution in [0.15, 0.2) is 42.6 Å². The van der Waals surface area contributed by atoms with Gasteiger partial charge in [-0.05, 0) is 41.8 Å². The second kappa shape index (κ2) is 9.02. The first-order chi connectivity index (χ1) is 16.0. The highest BCUT2D eigenvalue weighted by Crippen LogP contribution is 2.35. The minimum atomic E-state index is -4.57. The number of imide groups is 1. The van der Waals surface area contributed by atoms with Gasteiger partial charge < -0.3 is 15.0 Å². The second-order valence-corrected chi connectivity index (χ2v) is 8.42. The van der Waals surface area contributed by atoms with Crippen molar-refractivity contribution in [3.8, 4) is 5.88 Å². The van der Waals surface area contributed by atoms with E-state index in [1.54, 1.807) is 24.4 Å². The van der Waals surface area contributed by atoms with Crippen molar-refractivity contribution in [1.82, 2.24) is 15.2 Å². The van der Waals surface area contributed by atoms with Crippen molar-refractivity contribution in [2.75, 3.05) is 0 Å². The molecular weight excluding hydrogens is 475 g/mol. The Morgan fingerprint density at radius 3 is 2.59 bits per heavy atom. The molecule has 4 rings (SSSR count). The summed E-state index contributed by atoms with van der Waals surface area (Å²) in [4.78, 5) is 35.8. The highest BCUT2D eigenvalue weighted by Gasteiger charge is 2.33. The molecular formula is C23H19ClF3N3O4. The average Bonchev–Trinajstić information content (AvgIpc) is 3.07. The predicted molar refractivity (Wildman–Crippen MR) is 117 cm³/mol. The Balaban J connectivity index is 1.43. The van der Waals surface area contributed by atoms with Crippen LogP contribution in [0.3, 0.4) is 0 Å². The molecule has 3 N–H and O–H groups in total. The summed E-state index contributed by atoms with van der Waals surface area (Å²) in [5.74, 6) is -1.34. The Morgan fingerprint density at radius 2 is 1.91 bits per heavy atom. The maximum absolute atomic E-state index is 12.8. The van der Waals surface area contributed by atoms with E-state index < -0.39 is 34.6 Å². The normalized spacial score (nSPS) is 16.5. The molecule has 7 nitrogen and oxygen atoms in total. The molecule has 0 aliphatic carbocycles. The standard InChI is InChI=1S/C23H19ClF3N3O4/c24-17-8-12(2-4-16(17)23(25,26)27)9-20(32)28-10-13-1-3-15-14(7-13)11-30(22(15)34)18-5-6-19(31)29-21(18)33/h1-4,7-8,11,18,34H,5-6,9-10H2,(H,28,32)(H,29,31,33). The number of nitrogens with zero attached hydrogens (tertiary/aromatic N) is 1. The molecule has 1 aliphatic heterocycles. The second-order valence-electron chi connectivity index (χ2n) is 8.01. The van der Waals surface area contributed by atoms with Crippen LogP contribution in [-0.2, 0) is 33.5 Å². The molecule has 1 fully saturated rings. The lowest BCUT2D eigenvalue weighted by Gasteiger charge is -2.22. The monoisotopic (exact) mass is 493 g/mol. The largest absolute Gasteiger partial charge is 0.494 e. The number of halogens is 4. The number of nitrogens with one attached hydrogen (secondary N) is 2. The zero-order chi connectivity index (χ0) is 24.6. The van der Waals surface area contributed by atoms with Gasteiger partial charge in [0.15, 0.2) is 5.88 Å². The molecule has 34 heavy (non-hydrogen) atoms. The third kappa shape index (κ3) is 4.86. The van der Waals surface area contributed by atoms with E-state index in [4.69, 9.17) is 11.6 Å². The van der Waals surface area contributed by atoms with Crippen LogP contribution in [0.4, 0.5) is 13.2 Å². The number of hydrogen-bond acceptors (Lipinski definition) is 4. The first kappa shape index (κ1) is 23.6. The molecule has 1 unspecified atom stereocenters. The Hall–Kier alpha value is -3.53. The average molecular weight is 494 g/mol. The van der Waals surface area contributed by atoms with E-state index >= 15 is 0 Å². The van der Waals surface area contributed by atoms with Gasteiger partial charge in [0, 0.05) is 29.9 Å². The number of benzene rings is 2. The fourth-order valence-electron chi connectivity index (χ4n) is 3.91. The zero-order valence-electron chi connectivity index (χ0n) is 17.6. The van der Waals surface area contributed by atoms with Gasteiger partial charge in [0.1, 0.15) is 6.04 Å². The molecule has 0 saturated carbocycles. The third-order valence-electron chi connectivity index (χ3n) is 5.62. The lowest BCUT2D eigenvalue weighted by Crippen LogP contribution is -2.41. The maximum Gasteiger partial charge on any atom is 0.417 e. The molecule has 0 spiro atoms. The smallest absolute Gasteiger partial charge is 0.417 e. The van der Waals surface area contributed by atoms with Crippen molar-refractivity contribution in [2.45, 2.75) is 38.0 Å². The van der Waals surface area contributed by atoms with Crippen molar-refractivity contribution < 1.29 is 32.7 Å². The zero-order valence-corrected chi connectivity index (χ0v) is 18.3. The van der Waals surface area contributed by atoms with Crippen LogP contribution in [0.2, 0.25) is 5.02 Å². The number of rotatable bonds is 5. The highest BCUT2D eigenvalue weighted by atomic mass is 35.5. The molecule has 2 aromatic carbocycles. The molecule has 1 aliphatic rings. The van der Waals surface area contributed by atoms with Crippen LogP contribution in [0.1, 0.15) is 35.6 Å². The summed E-state index contributed by atoms with van der Waals surface area (Å²) in [6.07, 6.45) is -2.66. The van der Waals surface area contributed by atoms with Crippen LogP contribution in [0.5, 0.6) is 5.88 Å². The molecule has 1 aromatic heterocycles. The number of piperidine rings is 1. The van der Waals surface area contributed by atoms with E-state index in [0.29, 0.717) is 21.9 Å². The van der Waals surface area contributed by atoms with Crippen molar-refractivity contribution in [1.29, 1.82) is 0 Å². The number of amides is 3. The highest BCUT2D eigenvalue weighted by molar-refractivity contribution is 6.31. The van der Waals surface area contributed by atoms with E-state index in [9.17, 15) is 32.7 Å². The van der Waals surface area contributed by atoms with Crippen LogP contribution in [-0.4, -0.2) is 27.4 Å². The molecule has 2 heterocycles. The van der Waals surface area contributed by atoms with E-state index in [0.717, 1.165) is 12.1 Å². The van der Waals surface area contributed by atoms with Gasteiger partial charge in [-0.2, -0.15) is 13.2 Å². The maximum atomic E-state index is 12.8. The van der Waals surface area contributed by atoms with Crippen LogP contribution in [0.25, 0.3) is 10.8 Å². The number of carbonyl (C=O) groups is 3. The molecule has 3 aromatic rings. The Bertz CT molecular complexity index is 1300. The van der Waals surface area contributed by atoms with Gasteiger partial charge in [-0.1, -0.05) is 23.7 Å². The minimum absolute atomic E-state index is 0.0979. The lowest BCUT2D eigenvalue weighted by molar-refractivity contribution is -0.138. The van der Waals surface area contributed by atoms with Crippen LogP contribution >= 0.6 is 11.6 Å². The van der Waals surface area contributed by atoms with E-state index in [1.807, 2.05) is 0 Å². The number of aromatic nitrogens is 1. The topological polar surface area (TPSA) is 100 Å². The van der Waals surface area contributed by atoms with Crippen molar-refractivity contribution in [3.05, 3.63) is 64.3 Å². The summed E-state index contributed by atoms with van der Waals surface area (Å²) in [6, 6.07) is 7.57. The van der Waals surface area contributed by atoms with Gasteiger partial charge in [0.2, 0.25) is 17.7 Å². The fraction of sp³-hybridized carbons (Fsp3) is 0.261. The molecule has 178 valence electrons.